The summed E-state index contributed by atoms with van der Waals surface area (Å²) in [5.41, 5.74) is 3.62. The fraction of sp³-hybridized carbons (Fsp3) is 0.423. The van der Waals surface area contributed by atoms with Crippen molar-refractivity contribution in [2.45, 2.75) is 45.8 Å². The smallest absolute Gasteiger partial charge is 0.0921 e. The summed E-state index contributed by atoms with van der Waals surface area (Å²) < 4.78 is 0. The van der Waals surface area contributed by atoms with Crippen molar-refractivity contribution in [3.8, 4) is 11.3 Å². The van der Waals surface area contributed by atoms with Crippen LogP contribution < -0.4 is 5.32 Å². The summed E-state index contributed by atoms with van der Waals surface area (Å²) in [6.07, 6.45) is 1.64. The van der Waals surface area contributed by atoms with Gasteiger partial charge in [0.1, 0.15) is 0 Å². The van der Waals surface area contributed by atoms with Crippen molar-refractivity contribution in [3.05, 3.63) is 65.2 Å². The highest BCUT2D eigenvalue weighted by molar-refractivity contribution is 6.30. The fourth-order valence-electron chi connectivity index (χ4n) is 3.93. The third-order valence-electron chi connectivity index (χ3n) is 5.91. The van der Waals surface area contributed by atoms with E-state index >= 15 is 0 Å². The van der Waals surface area contributed by atoms with Gasteiger partial charge >= 0.3 is 0 Å². The molecule has 0 aliphatic rings. The molecule has 4 nitrogen and oxygen atoms in total. The number of pyridine rings is 1. The first-order valence-electron chi connectivity index (χ1n) is 11.3. The first-order valence-corrected chi connectivity index (χ1v) is 11.7. The lowest BCUT2D eigenvalue weighted by atomic mass is 10.00. The standard InChI is InChI=1S/C26H34ClN3O/c1-4-30(5-2)16-8-9-19(3)28-18-26(31)23-17-25(20-12-14-21(27)15-13-20)29-24-11-7-6-10-22(23)24/h6-7,10-15,17,19,26,28,31H,4-5,8-9,16,18H2,1-3H3/t19-,26-/m0/s1. The highest BCUT2D eigenvalue weighted by atomic mass is 35.5. The van der Waals surface area contributed by atoms with Gasteiger partial charge in [-0.05, 0) is 69.2 Å². The van der Waals surface area contributed by atoms with Gasteiger partial charge in [0.15, 0.2) is 0 Å². The van der Waals surface area contributed by atoms with Gasteiger partial charge < -0.3 is 15.3 Å². The maximum atomic E-state index is 11.1. The highest BCUT2D eigenvalue weighted by Crippen LogP contribution is 2.29. The second kappa shape index (κ2) is 11.6. The number of para-hydroxylation sites is 1. The second-order valence-corrected chi connectivity index (χ2v) is 8.55. The van der Waals surface area contributed by atoms with Crippen molar-refractivity contribution >= 4 is 22.5 Å². The lowest BCUT2D eigenvalue weighted by Crippen LogP contribution is -2.32. The number of rotatable bonds is 11. The van der Waals surface area contributed by atoms with Crippen LogP contribution in [0.1, 0.15) is 45.3 Å². The van der Waals surface area contributed by atoms with E-state index in [0.717, 1.165) is 60.2 Å². The van der Waals surface area contributed by atoms with Gasteiger partial charge in [0.05, 0.1) is 17.3 Å². The molecule has 2 N–H and O–H groups in total. The monoisotopic (exact) mass is 439 g/mol. The molecule has 0 fully saturated rings. The third-order valence-corrected chi connectivity index (χ3v) is 6.16. The number of hydrogen-bond donors (Lipinski definition) is 2. The van der Waals surface area contributed by atoms with Crippen molar-refractivity contribution in [1.82, 2.24) is 15.2 Å². The molecule has 0 saturated carbocycles. The van der Waals surface area contributed by atoms with E-state index in [4.69, 9.17) is 16.6 Å². The normalized spacial score (nSPS) is 13.6. The summed E-state index contributed by atoms with van der Waals surface area (Å²) in [6, 6.07) is 18.0. The van der Waals surface area contributed by atoms with Crippen LogP contribution in [-0.2, 0) is 0 Å². The van der Waals surface area contributed by atoms with Gasteiger partial charge in [-0.15, -0.1) is 0 Å². The molecule has 1 heterocycles. The number of fused-ring (bicyclic) bond motifs is 1. The minimum Gasteiger partial charge on any atom is -0.387 e. The molecule has 166 valence electrons. The van der Waals surface area contributed by atoms with E-state index in [0.29, 0.717) is 17.6 Å². The molecule has 0 aliphatic heterocycles. The average Bonchev–Trinajstić information content (AvgIpc) is 2.80. The van der Waals surface area contributed by atoms with E-state index < -0.39 is 6.10 Å². The van der Waals surface area contributed by atoms with Crippen molar-refractivity contribution in [3.63, 3.8) is 0 Å². The topological polar surface area (TPSA) is 48.4 Å². The van der Waals surface area contributed by atoms with Crippen LogP contribution >= 0.6 is 11.6 Å². The Morgan fingerprint density at radius 3 is 2.48 bits per heavy atom. The molecule has 0 spiro atoms. The first-order chi connectivity index (χ1) is 15.0. The Kier molecular flexibility index (Phi) is 8.85. The van der Waals surface area contributed by atoms with Crippen LogP contribution in [0.15, 0.2) is 54.6 Å². The SMILES string of the molecule is CCN(CC)CCC[C@H](C)NC[C@H](O)c1cc(-c2ccc(Cl)cc2)nc2ccccc12. The number of halogens is 1. The van der Waals surface area contributed by atoms with Crippen LogP contribution in [0, 0.1) is 0 Å². The zero-order valence-electron chi connectivity index (χ0n) is 18.8. The molecule has 0 aliphatic carbocycles. The molecule has 3 aromatic rings. The Morgan fingerprint density at radius 1 is 1.06 bits per heavy atom. The van der Waals surface area contributed by atoms with Crippen molar-refractivity contribution in [2.24, 2.45) is 0 Å². The molecule has 0 bridgehead atoms. The predicted molar refractivity (Wildman–Crippen MR) is 132 cm³/mol. The summed E-state index contributed by atoms with van der Waals surface area (Å²) in [5.74, 6) is 0. The number of nitrogens with zero attached hydrogens (tertiary/aromatic N) is 2. The zero-order chi connectivity index (χ0) is 22.2. The minimum atomic E-state index is -0.607. The van der Waals surface area contributed by atoms with E-state index in [-0.39, 0.29) is 0 Å². The van der Waals surface area contributed by atoms with Crippen LogP contribution in [-0.4, -0.2) is 47.2 Å². The van der Waals surface area contributed by atoms with Crippen LogP contribution in [0.25, 0.3) is 22.2 Å². The van der Waals surface area contributed by atoms with E-state index in [1.54, 1.807) is 0 Å². The fourth-order valence-corrected chi connectivity index (χ4v) is 4.06. The van der Waals surface area contributed by atoms with Gasteiger partial charge in [-0.1, -0.05) is 55.8 Å². The minimum absolute atomic E-state index is 0.356. The molecule has 0 unspecified atom stereocenters. The molecule has 5 heteroatoms. The third kappa shape index (κ3) is 6.50. The average molecular weight is 440 g/mol. The highest BCUT2D eigenvalue weighted by Gasteiger charge is 2.16. The van der Waals surface area contributed by atoms with E-state index in [1.807, 2.05) is 54.6 Å². The quantitative estimate of drug-likeness (QED) is 0.403. The van der Waals surface area contributed by atoms with Crippen molar-refractivity contribution in [2.75, 3.05) is 26.2 Å². The summed E-state index contributed by atoms with van der Waals surface area (Å²) >= 11 is 6.05. The van der Waals surface area contributed by atoms with Crippen LogP contribution in [0.3, 0.4) is 0 Å². The molecule has 0 saturated heterocycles. The van der Waals surface area contributed by atoms with Gasteiger partial charge in [-0.2, -0.15) is 0 Å². The number of aromatic nitrogens is 1. The van der Waals surface area contributed by atoms with Gasteiger partial charge in [0.25, 0.3) is 0 Å². The van der Waals surface area contributed by atoms with Crippen LogP contribution in [0.5, 0.6) is 0 Å². The molecular formula is C26H34ClN3O. The Morgan fingerprint density at radius 2 is 1.77 bits per heavy atom. The Labute approximate surface area is 191 Å². The lowest BCUT2D eigenvalue weighted by molar-refractivity contribution is 0.170. The molecule has 2 aromatic carbocycles. The molecule has 0 amide bonds. The Balaban J connectivity index is 1.71. The number of aliphatic hydroxyl groups excluding tert-OH is 1. The largest absolute Gasteiger partial charge is 0.387 e. The van der Waals surface area contributed by atoms with Gasteiger partial charge in [-0.25, -0.2) is 4.98 Å². The number of benzene rings is 2. The van der Waals surface area contributed by atoms with Gasteiger partial charge in [-0.3, -0.25) is 0 Å². The van der Waals surface area contributed by atoms with E-state index in [1.165, 1.54) is 0 Å². The van der Waals surface area contributed by atoms with Crippen molar-refractivity contribution < 1.29 is 5.11 Å². The summed E-state index contributed by atoms with van der Waals surface area (Å²) in [5, 5.41) is 16.3. The van der Waals surface area contributed by atoms with Crippen LogP contribution in [0.2, 0.25) is 5.02 Å². The number of aliphatic hydroxyl groups is 1. The molecule has 0 radical (unpaired) electrons. The zero-order valence-corrected chi connectivity index (χ0v) is 19.6. The molecular weight excluding hydrogens is 406 g/mol. The summed E-state index contributed by atoms with van der Waals surface area (Å²) in [4.78, 5) is 7.25. The maximum absolute atomic E-state index is 11.1. The lowest BCUT2D eigenvalue weighted by Gasteiger charge is -2.21. The molecule has 1 aromatic heterocycles. The Bertz CT molecular complexity index is 957. The molecule has 2 atom stereocenters. The van der Waals surface area contributed by atoms with Crippen LogP contribution in [0.4, 0.5) is 0 Å². The predicted octanol–water partition coefficient (Wildman–Crippen LogP) is 5.69. The molecule has 3 rings (SSSR count). The summed E-state index contributed by atoms with van der Waals surface area (Å²) in [6.45, 7) is 10.4. The molecule has 31 heavy (non-hydrogen) atoms. The van der Waals surface area contributed by atoms with Gasteiger partial charge in [0.2, 0.25) is 0 Å². The first kappa shape index (κ1) is 23.7. The second-order valence-electron chi connectivity index (χ2n) is 8.11. The van der Waals surface area contributed by atoms with Crippen molar-refractivity contribution in [1.29, 1.82) is 0 Å². The van der Waals surface area contributed by atoms with E-state index in [9.17, 15) is 5.11 Å². The number of hydrogen-bond acceptors (Lipinski definition) is 4. The Hall–Kier alpha value is -1.98. The number of nitrogens with one attached hydrogen (secondary N) is 1. The van der Waals surface area contributed by atoms with Gasteiger partial charge in [0, 0.05) is 28.6 Å². The summed E-state index contributed by atoms with van der Waals surface area (Å²) in [7, 11) is 0. The van der Waals surface area contributed by atoms with E-state index in [2.05, 4.69) is 31.0 Å². The maximum Gasteiger partial charge on any atom is 0.0921 e.